The van der Waals surface area contributed by atoms with Crippen molar-refractivity contribution in [2.45, 2.75) is 6.54 Å². The van der Waals surface area contributed by atoms with E-state index in [0.717, 1.165) is 36.2 Å². The van der Waals surface area contributed by atoms with E-state index in [0.29, 0.717) is 6.54 Å². The van der Waals surface area contributed by atoms with Gasteiger partial charge in [0, 0.05) is 49.6 Å². The summed E-state index contributed by atoms with van der Waals surface area (Å²) in [5.74, 6) is 0. The van der Waals surface area contributed by atoms with Crippen molar-refractivity contribution in [1.29, 1.82) is 0 Å². The summed E-state index contributed by atoms with van der Waals surface area (Å²) in [7, 11) is 0. The van der Waals surface area contributed by atoms with Gasteiger partial charge in [-0.05, 0) is 27.6 Å². The van der Waals surface area contributed by atoms with Gasteiger partial charge in [0.15, 0.2) is 0 Å². The highest BCUT2D eigenvalue weighted by molar-refractivity contribution is 9.10. The molecule has 17 heavy (non-hydrogen) atoms. The van der Waals surface area contributed by atoms with Crippen LogP contribution in [0.2, 0.25) is 0 Å². The number of halogens is 1. The third-order valence-electron chi connectivity index (χ3n) is 2.61. The second-order valence-corrected chi connectivity index (χ2v) is 4.82. The molecule has 1 aliphatic rings. The number of urea groups is 1. The molecule has 6 heteroatoms. The third kappa shape index (κ3) is 3.67. The number of amides is 2. The van der Waals surface area contributed by atoms with Gasteiger partial charge in [0.05, 0.1) is 0 Å². The molecule has 1 aromatic rings. The Kier molecular flexibility index (Phi) is 4.33. The molecule has 0 unspecified atom stereocenters. The van der Waals surface area contributed by atoms with Gasteiger partial charge in [-0.3, -0.25) is 4.98 Å². The molecule has 0 bridgehead atoms. The lowest BCUT2D eigenvalue weighted by Gasteiger charge is -2.27. The SMILES string of the molecule is O=C(NCc1cncc(Br)c1)N1CCNCC1. The summed E-state index contributed by atoms with van der Waals surface area (Å²) < 4.78 is 0.923. The van der Waals surface area contributed by atoms with E-state index >= 15 is 0 Å². The Labute approximate surface area is 109 Å². The van der Waals surface area contributed by atoms with Crippen molar-refractivity contribution in [2.75, 3.05) is 26.2 Å². The fraction of sp³-hybridized carbons (Fsp3) is 0.455. The molecule has 1 aliphatic heterocycles. The smallest absolute Gasteiger partial charge is 0.317 e. The van der Waals surface area contributed by atoms with Crippen molar-refractivity contribution < 1.29 is 4.79 Å². The number of hydrogen-bond donors (Lipinski definition) is 2. The predicted octanol–water partition coefficient (Wildman–Crippen LogP) is 0.959. The van der Waals surface area contributed by atoms with Crippen molar-refractivity contribution in [3.05, 3.63) is 28.5 Å². The van der Waals surface area contributed by atoms with Gasteiger partial charge in [-0.1, -0.05) is 0 Å². The highest BCUT2D eigenvalue weighted by Gasteiger charge is 2.15. The summed E-state index contributed by atoms with van der Waals surface area (Å²) in [5.41, 5.74) is 0.989. The highest BCUT2D eigenvalue weighted by Crippen LogP contribution is 2.09. The Hall–Kier alpha value is -1.14. The van der Waals surface area contributed by atoms with Crippen molar-refractivity contribution in [1.82, 2.24) is 20.5 Å². The molecule has 1 fully saturated rings. The van der Waals surface area contributed by atoms with Crippen molar-refractivity contribution >= 4 is 22.0 Å². The number of aromatic nitrogens is 1. The van der Waals surface area contributed by atoms with Crippen LogP contribution in [0.3, 0.4) is 0 Å². The normalized spacial score (nSPS) is 15.7. The second-order valence-electron chi connectivity index (χ2n) is 3.91. The van der Waals surface area contributed by atoms with Gasteiger partial charge in [0.2, 0.25) is 0 Å². The van der Waals surface area contributed by atoms with E-state index in [2.05, 4.69) is 31.5 Å². The van der Waals surface area contributed by atoms with Gasteiger partial charge in [-0.15, -0.1) is 0 Å². The zero-order chi connectivity index (χ0) is 12.1. The minimum atomic E-state index is -0.00789. The summed E-state index contributed by atoms with van der Waals surface area (Å²) in [6.45, 7) is 3.78. The molecule has 0 spiro atoms. The van der Waals surface area contributed by atoms with Crippen LogP contribution in [0.5, 0.6) is 0 Å². The Morgan fingerprint density at radius 1 is 1.47 bits per heavy atom. The summed E-state index contributed by atoms with van der Waals surface area (Å²) in [4.78, 5) is 17.7. The quantitative estimate of drug-likeness (QED) is 0.855. The molecule has 2 amide bonds. The van der Waals surface area contributed by atoms with E-state index in [-0.39, 0.29) is 6.03 Å². The zero-order valence-corrected chi connectivity index (χ0v) is 11.0. The van der Waals surface area contributed by atoms with Crippen LogP contribution in [0, 0.1) is 0 Å². The minimum absolute atomic E-state index is 0.00789. The van der Waals surface area contributed by atoms with E-state index in [1.807, 2.05) is 11.0 Å². The standard InChI is InChI=1S/C11H15BrN4O/c12-10-5-9(6-14-8-10)7-15-11(17)16-3-1-13-2-4-16/h5-6,8,13H,1-4,7H2,(H,15,17). The summed E-state index contributed by atoms with van der Waals surface area (Å²) in [6, 6.07) is 1.94. The second kappa shape index (κ2) is 5.97. The van der Waals surface area contributed by atoms with Crippen molar-refractivity contribution in [3.63, 3.8) is 0 Å². The van der Waals surface area contributed by atoms with E-state index < -0.39 is 0 Å². The van der Waals surface area contributed by atoms with Crippen LogP contribution in [0.1, 0.15) is 5.56 Å². The molecule has 2 heterocycles. The number of piperazine rings is 1. The monoisotopic (exact) mass is 298 g/mol. The molecule has 0 aromatic carbocycles. The average molecular weight is 299 g/mol. The number of pyridine rings is 1. The average Bonchev–Trinajstić information content (AvgIpc) is 2.37. The van der Waals surface area contributed by atoms with E-state index in [1.165, 1.54) is 0 Å². The maximum Gasteiger partial charge on any atom is 0.317 e. The van der Waals surface area contributed by atoms with E-state index in [1.54, 1.807) is 12.4 Å². The largest absolute Gasteiger partial charge is 0.334 e. The summed E-state index contributed by atoms with van der Waals surface area (Å²) in [6.07, 6.45) is 3.48. The van der Waals surface area contributed by atoms with Crippen LogP contribution < -0.4 is 10.6 Å². The lowest BCUT2D eigenvalue weighted by atomic mass is 10.3. The summed E-state index contributed by atoms with van der Waals surface area (Å²) in [5, 5.41) is 6.11. The van der Waals surface area contributed by atoms with Crippen LogP contribution in [0.15, 0.2) is 22.9 Å². The fourth-order valence-corrected chi connectivity index (χ4v) is 2.12. The van der Waals surface area contributed by atoms with Crippen LogP contribution in [-0.2, 0) is 6.54 Å². The Morgan fingerprint density at radius 3 is 2.94 bits per heavy atom. The molecule has 2 N–H and O–H groups in total. The number of nitrogens with zero attached hydrogens (tertiary/aromatic N) is 2. The Balaban J connectivity index is 1.83. The van der Waals surface area contributed by atoms with Crippen molar-refractivity contribution in [3.8, 4) is 0 Å². The maximum atomic E-state index is 11.8. The lowest BCUT2D eigenvalue weighted by Crippen LogP contribution is -2.50. The van der Waals surface area contributed by atoms with Crippen LogP contribution in [-0.4, -0.2) is 42.1 Å². The number of hydrogen-bond acceptors (Lipinski definition) is 3. The van der Waals surface area contributed by atoms with E-state index in [4.69, 9.17) is 0 Å². The Morgan fingerprint density at radius 2 is 2.24 bits per heavy atom. The molecule has 0 radical (unpaired) electrons. The van der Waals surface area contributed by atoms with Gasteiger partial charge in [-0.2, -0.15) is 0 Å². The zero-order valence-electron chi connectivity index (χ0n) is 9.45. The van der Waals surface area contributed by atoms with Gasteiger partial charge >= 0.3 is 6.03 Å². The first-order valence-corrected chi connectivity index (χ1v) is 6.38. The van der Waals surface area contributed by atoms with E-state index in [9.17, 15) is 4.79 Å². The number of nitrogens with one attached hydrogen (secondary N) is 2. The topological polar surface area (TPSA) is 57.3 Å². The molecule has 2 rings (SSSR count). The molecule has 5 nitrogen and oxygen atoms in total. The first-order chi connectivity index (χ1) is 8.25. The van der Waals surface area contributed by atoms with Crippen LogP contribution in [0.25, 0.3) is 0 Å². The first-order valence-electron chi connectivity index (χ1n) is 5.58. The molecular weight excluding hydrogens is 284 g/mol. The fourth-order valence-electron chi connectivity index (χ4n) is 1.71. The molecular formula is C11H15BrN4O. The van der Waals surface area contributed by atoms with Gasteiger partial charge in [-0.25, -0.2) is 4.79 Å². The molecule has 0 aliphatic carbocycles. The number of carbonyl (C=O) groups is 1. The van der Waals surface area contributed by atoms with Crippen LogP contribution in [0.4, 0.5) is 4.79 Å². The number of carbonyl (C=O) groups excluding carboxylic acids is 1. The first kappa shape index (κ1) is 12.3. The number of rotatable bonds is 2. The summed E-state index contributed by atoms with van der Waals surface area (Å²) >= 11 is 3.35. The third-order valence-corrected chi connectivity index (χ3v) is 3.04. The van der Waals surface area contributed by atoms with Gasteiger partial charge < -0.3 is 15.5 Å². The molecule has 0 atom stereocenters. The van der Waals surface area contributed by atoms with Gasteiger partial charge in [0.25, 0.3) is 0 Å². The molecule has 1 saturated heterocycles. The Bertz CT molecular complexity index is 393. The van der Waals surface area contributed by atoms with Crippen molar-refractivity contribution in [2.24, 2.45) is 0 Å². The lowest BCUT2D eigenvalue weighted by molar-refractivity contribution is 0.189. The minimum Gasteiger partial charge on any atom is -0.334 e. The molecule has 92 valence electrons. The highest BCUT2D eigenvalue weighted by atomic mass is 79.9. The molecule has 1 aromatic heterocycles. The van der Waals surface area contributed by atoms with Crippen LogP contribution >= 0.6 is 15.9 Å². The predicted molar refractivity (Wildman–Crippen MR) is 68.6 cm³/mol. The maximum absolute atomic E-state index is 11.8. The molecule has 0 saturated carbocycles. The van der Waals surface area contributed by atoms with Gasteiger partial charge in [0.1, 0.15) is 0 Å².